The molecular formula is C21H19N3OS. The van der Waals surface area contributed by atoms with Gasteiger partial charge in [-0.05, 0) is 42.8 Å². The minimum absolute atomic E-state index is 0.176. The summed E-state index contributed by atoms with van der Waals surface area (Å²) in [6.07, 6.45) is 2.38. The van der Waals surface area contributed by atoms with E-state index in [2.05, 4.69) is 46.7 Å². The van der Waals surface area contributed by atoms with Crippen LogP contribution in [-0.4, -0.2) is 22.3 Å². The average Bonchev–Trinajstić information content (AvgIpc) is 3.31. The van der Waals surface area contributed by atoms with Crippen molar-refractivity contribution in [1.29, 1.82) is 0 Å². The fourth-order valence-electron chi connectivity index (χ4n) is 4.15. The molecule has 1 atom stereocenters. The summed E-state index contributed by atoms with van der Waals surface area (Å²) < 4.78 is 0. The molecule has 0 radical (unpaired) electrons. The topological polar surface area (TPSA) is 46.1 Å². The number of anilines is 2. The lowest BCUT2D eigenvalue weighted by Crippen LogP contribution is -2.25. The summed E-state index contributed by atoms with van der Waals surface area (Å²) >= 11 is 1.72. The van der Waals surface area contributed by atoms with E-state index < -0.39 is 0 Å². The first-order valence-electron chi connectivity index (χ1n) is 9.00. The fourth-order valence-corrected chi connectivity index (χ4v) is 4.98. The molecule has 2 aliphatic rings. The number of carbonyl (C=O) groups excluding carboxylic acids is 1. The number of aryl methyl sites for hydroxylation is 1. The van der Waals surface area contributed by atoms with Gasteiger partial charge in [-0.15, -0.1) is 11.3 Å². The molecule has 0 N–H and O–H groups in total. The van der Waals surface area contributed by atoms with E-state index in [0.29, 0.717) is 6.42 Å². The van der Waals surface area contributed by atoms with Crippen molar-refractivity contribution in [1.82, 2.24) is 9.97 Å². The molecule has 5 heteroatoms. The number of thiophene rings is 1. The van der Waals surface area contributed by atoms with Gasteiger partial charge >= 0.3 is 0 Å². The summed E-state index contributed by atoms with van der Waals surface area (Å²) in [5.41, 5.74) is 4.98. The van der Waals surface area contributed by atoms with Crippen molar-refractivity contribution in [3.8, 4) is 0 Å². The largest absolute Gasteiger partial charge is 0.310 e. The van der Waals surface area contributed by atoms with E-state index in [0.717, 1.165) is 42.3 Å². The zero-order valence-electron chi connectivity index (χ0n) is 14.6. The Balaban J connectivity index is 1.56. The summed E-state index contributed by atoms with van der Waals surface area (Å²) in [5, 5.41) is 2.08. The van der Waals surface area contributed by atoms with E-state index in [4.69, 9.17) is 9.97 Å². The van der Waals surface area contributed by atoms with E-state index in [1.54, 1.807) is 11.3 Å². The highest BCUT2D eigenvalue weighted by Crippen LogP contribution is 2.37. The number of Topliss-reactive ketones (excluding diaryl/α,β-unsaturated/α-hetero) is 1. The van der Waals surface area contributed by atoms with Gasteiger partial charge in [-0.1, -0.05) is 24.3 Å². The first kappa shape index (κ1) is 15.7. The first-order valence-corrected chi connectivity index (χ1v) is 9.88. The zero-order valence-corrected chi connectivity index (χ0v) is 15.4. The summed E-state index contributed by atoms with van der Waals surface area (Å²) in [5.74, 6) is 1.14. The van der Waals surface area contributed by atoms with Gasteiger partial charge < -0.3 is 4.90 Å². The number of hydrogen-bond acceptors (Lipinski definition) is 5. The first-order chi connectivity index (χ1) is 12.7. The second-order valence-electron chi connectivity index (χ2n) is 7.00. The van der Waals surface area contributed by atoms with Crippen LogP contribution in [0.4, 0.5) is 11.6 Å². The Hall–Kier alpha value is -2.53. The number of hydrogen-bond donors (Lipinski definition) is 0. The van der Waals surface area contributed by atoms with Crippen LogP contribution < -0.4 is 4.90 Å². The normalized spacial score (nSPS) is 18.7. The lowest BCUT2D eigenvalue weighted by atomic mass is 9.84. The maximum absolute atomic E-state index is 12.8. The number of nitrogens with zero attached hydrogens (tertiary/aromatic N) is 3. The Morgan fingerprint density at radius 1 is 1.12 bits per heavy atom. The van der Waals surface area contributed by atoms with Crippen LogP contribution in [0, 0.1) is 6.92 Å². The average molecular weight is 361 g/mol. The van der Waals surface area contributed by atoms with Crippen molar-refractivity contribution in [2.75, 3.05) is 11.4 Å². The number of carbonyl (C=O) groups is 1. The monoisotopic (exact) mass is 361 g/mol. The molecule has 1 aliphatic carbocycles. The Kier molecular flexibility index (Phi) is 3.64. The van der Waals surface area contributed by atoms with Crippen molar-refractivity contribution in [3.63, 3.8) is 0 Å². The summed E-state index contributed by atoms with van der Waals surface area (Å²) in [6, 6.07) is 12.6. The van der Waals surface area contributed by atoms with Gasteiger partial charge in [0.05, 0.1) is 17.0 Å². The van der Waals surface area contributed by atoms with Crippen LogP contribution in [0.15, 0.2) is 41.8 Å². The van der Waals surface area contributed by atoms with Gasteiger partial charge in [-0.3, -0.25) is 4.79 Å². The lowest BCUT2D eigenvalue weighted by Gasteiger charge is -2.25. The number of rotatable bonds is 2. The molecule has 0 spiro atoms. The smallest absolute Gasteiger partial charge is 0.230 e. The SMILES string of the molecule is Cc1nc(N2CCc3ccccc32)nc2c1C(=O)CC(c1cccs1)C2. The summed E-state index contributed by atoms with van der Waals surface area (Å²) in [7, 11) is 0. The molecule has 0 saturated carbocycles. The van der Waals surface area contributed by atoms with Gasteiger partial charge in [0.25, 0.3) is 0 Å². The number of aromatic nitrogens is 2. The highest BCUT2D eigenvalue weighted by molar-refractivity contribution is 7.10. The third-order valence-electron chi connectivity index (χ3n) is 5.38. The van der Waals surface area contributed by atoms with E-state index in [1.165, 1.54) is 16.1 Å². The maximum atomic E-state index is 12.8. The molecule has 5 rings (SSSR count). The van der Waals surface area contributed by atoms with Gasteiger partial charge in [-0.25, -0.2) is 9.97 Å². The molecular weight excluding hydrogens is 342 g/mol. The highest BCUT2D eigenvalue weighted by atomic mass is 32.1. The van der Waals surface area contributed by atoms with E-state index >= 15 is 0 Å². The Bertz CT molecular complexity index is 996. The molecule has 2 aromatic heterocycles. The van der Waals surface area contributed by atoms with Crippen LogP contribution >= 0.6 is 11.3 Å². The Labute approximate surface area is 156 Å². The molecule has 1 aromatic carbocycles. The molecule has 130 valence electrons. The maximum Gasteiger partial charge on any atom is 0.230 e. The molecule has 0 saturated heterocycles. The van der Waals surface area contributed by atoms with E-state index in [1.807, 2.05) is 6.92 Å². The standard InChI is InChI=1S/C21H19N3OS/c1-13-20-16(11-15(12-18(20)25)19-7-4-10-26-19)23-21(22-13)24-9-8-14-5-2-3-6-17(14)24/h2-7,10,15H,8-9,11-12H2,1H3. The van der Waals surface area contributed by atoms with Gasteiger partial charge in [-0.2, -0.15) is 0 Å². The van der Waals surface area contributed by atoms with Crippen molar-refractivity contribution in [3.05, 3.63) is 69.2 Å². The third-order valence-corrected chi connectivity index (χ3v) is 6.41. The predicted molar refractivity (Wildman–Crippen MR) is 104 cm³/mol. The number of benzene rings is 1. The summed E-state index contributed by atoms with van der Waals surface area (Å²) in [6.45, 7) is 2.83. The molecule has 26 heavy (non-hydrogen) atoms. The Morgan fingerprint density at radius 3 is 2.85 bits per heavy atom. The Morgan fingerprint density at radius 2 is 2.00 bits per heavy atom. The van der Waals surface area contributed by atoms with Crippen molar-refractivity contribution < 1.29 is 4.79 Å². The van der Waals surface area contributed by atoms with Crippen LogP contribution in [0.5, 0.6) is 0 Å². The van der Waals surface area contributed by atoms with E-state index in [-0.39, 0.29) is 11.7 Å². The number of fused-ring (bicyclic) bond motifs is 2. The van der Waals surface area contributed by atoms with Gasteiger partial charge in [0.1, 0.15) is 0 Å². The van der Waals surface area contributed by atoms with Crippen molar-refractivity contribution in [2.24, 2.45) is 0 Å². The zero-order chi connectivity index (χ0) is 17.7. The third kappa shape index (κ3) is 2.46. The second kappa shape index (κ2) is 6.02. The quantitative estimate of drug-likeness (QED) is 0.676. The van der Waals surface area contributed by atoms with E-state index in [9.17, 15) is 4.79 Å². The van der Waals surface area contributed by atoms with Gasteiger partial charge in [0.2, 0.25) is 5.95 Å². The minimum atomic E-state index is 0.176. The molecule has 1 unspecified atom stereocenters. The molecule has 3 heterocycles. The van der Waals surface area contributed by atoms with Crippen molar-refractivity contribution in [2.45, 2.75) is 32.1 Å². The molecule has 1 aliphatic heterocycles. The molecule has 3 aromatic rings. The molecule has 0 fully saturated rings. The van der Waals surface area contributed by atoms with Crippen LogP contribution in [0.1, 0.15) is 44.5 Å². The number of para-hydroxylation sites is 1. The number of ketones is 1. The van der Waals surface area contributed by atoms with Crippen LogP contribution in [0.3, 0.4) is 0 Å². The molecule has 0 amide bonds. The fraction of sp³-hybridized carbons (Fsp3) is 0.286. The van der Waals surface area contributed by atoms with Crippen molar-refractivity contribution >= 4 is 28.8 Å². The van der Waals surface area contributed by atoms with Crippen LogP contribution in [-0.2, 0) is 12.8 Å². The predicted octanol–water partition coefficient (Wildman–Crippen LogP) is 4.45. The lowest BCUT2D eigenvalue weighted by molar-refractivity contribution is 0.0962. The van der Waals surface area contributed by atoms with Gasteiger partial charge in [0, 0.05) is 29.4 Å². The van der Waals surface area contributed by atoms with Crippen LogP contribution in [0.25, 0.3) is 0 Å². The van der Waals surface area contributed by atoms with Crippen LogP contribution in [0.2, 0.25) is 0 Å². The molecule has 0 bridgehead atoms. The minimum Gasteiger partial charge on any atom is -0.310 e. The van der Waals surface area contributed by atoms with Gasteiger partial charge in [0.15, 0.2) is 5.78 Å². The highest BCUT2D eigenvalue weighted by Gasteiger charge is 2.32. The summed E-state index contributed by atoms with van der Waals surface area (Å²) in [4.78, 5) is 25.8. The second-order valence-corrected chi connectivity index (χ2v) is 7.98. The molecule has 4 nitrogen and oxygen atoms in total.